The molecule has 0 amide bonds. The fraction of sp³-hybridized carbons (Fsp3) is 1.00. The van der Waals surface area contributed by atoms with E-state index in [4.69, 9.17) is 4.74 Å². The maximum absolute atomic E-state index is 5.72. The Kier molecular flexibility index (Phi) is 4.83. The van der Waals surface area contributed by atoms with Crippen LogP contribution in [0.2, 0.25) is 0 Å². The predicted octanol–water partition coefficient (Wildman–Crippen LogP) is 2.02. The summed E-state index contributed by atoms with van der Waals surface area (Å²) in [6.45, 7) is 9.86. The Bertz CT molecular complexity index is 226. The summed E-state index contributed by atoms with van der Waals surface area (Å²) >= 11 is 0. The van der Waals surface area contributed by atoms with E-state index in [0.717, 1.165) is 31.8 Å². The van der Waals surface area contributed by atoms with Gasteiger partial charge in [-0.25, -0.2) is 0 Å². The van der Waals surface area contributed by atoms with Crippen LogP contribution < -0.4 is 5.32 Å². The first-order chi connectivity index (χ1) is 8.20. The van der Waals surface area contributed by atoms with Crippen LogP contribution in [0.4, 0.5) is 0 Å². The van der Waals surface area contributed by atoms with Crippen molar-refractivity contribution in [3.63, 3.8) is 0 Å². The lowest BCUT2D eigenvalue weighted by Crippen LogP contribution is -2.53. The minimum atomic E-state index is 0.415. The van der Waals surface area contributed by atoms with Gasteiger partial charge in [0.1, 0.15) is 0 Å². The summed E-state index contributed by atoms with van der Waals surface area (Å²) in [6.07, 6.45) is 5.81. The van der Waals surface area contributed by atoms with Crippen molar-refractivity contribution in [2.75, 3.05) is 19.7 Å². The lowest BCUT2D eigenvalue weighted by Gasteiger charge is -2.44. The van der Waals surface area contributed by atoms with Gasteiger partial charge in [0, 0.05) is 24.7 Å². The van der Waals surface area contributed by atoms with Gasteiger partial charge in [0.25, 0.3) is 0 Å². The first kappa shape index (κ1) is 13.3. The van der Waals surface area contributed by atoms with Gasteiger partial charge in [-0.3, -0.25) is 4.90 Å². The fourth-order valence-corrected chi connectivity index (χ4v) is 3.34. The van der Waals surface area contributed by atoms with E-state index < -0.39 is 0 Å². The largest absolute Gasteiger partial charge is 0.376 e. The zero-order valence-electron chi connectivity index (χ0n) is 11.6. The molecule has 0 radical (unpaired) electrons. The zero-order chi connectivity index (χ0) is 12.3. The van der Waals surface area contributed by atoms with E-state index in [1.54, 1.807) is 0 Å². The summed E-state index contributed by atoms with van der Waals surface area (Å²) in [4.78, 5) is 2.69. The van der Waals surface area contributed by atoms with Gasteiger partial charge in [0.2, 0.25) is 0 Å². The second kappa shape index (κ2) is 6.17. The SMILES string of the molecule is CCNC1CCC(N2CC(C)OCC2C)CC1. The number of ether oxygens (including phenoxy) is 1. The average Bonchev–Trinajstić information content (AvgIpc) is 2.34. The maximum Gasteiger partial charge on any atom is 0.0674 e. The highest BCUT2D eigenvalue weighted by molar-refractivity contribution is 4.87. The van der Waals surface area contributed by atoms with Gasteiger partial charge in [0.15, 0.2) is 0 Å². The number of hydrogen-bond donors (Lipinski definition) is 1. The van der Waals surface area contributed by atoms with E-state index in [9.17, 15) is 0 Å². The molecule has 0 aromatic carbocycles. The van der Waals surface area contributed by atoms with Crippen molar-refractivity contribution in [2.45, 2.75) is 70.7 Å². The zero-order valence-corrected chi connectivity index (χ0v) is 11.6. The average molecular weight is 240 g/mol. The quantitative estimate of drug-likeness (QED) is 0.817. The van der Waals surface area contributed by atoms with Crippen molar-refractivity contribution in [1.82, 2.24) is 10.2 Å². The number of nitrogens with one attached hydrogen (secondary N) is 1. The van der Waals surface area contributed by atoms with Crippen LogP contribution in [-0.2, 0) is 4.74 Å². The number of hydrogen-bond acceptors (Lipinski definition) is 3. The molecule has 1 saturated heterocycles. The van der Waals surface area contributed by atoms with E-state index in [1.807, 2.05) is 0 Å². The summed E-state index contributed by atoms with van der Waals surface area (Å²) in [5.74, 6) is 0. The van der Waals surface area contributed by atoms with Gasteiger partial charge in [-0.1, -0.05) is 6.92 Å². The standard InChI is InChI=1S/C14H28N2O/c1-4-15-13-5-7-14(8-6-13)16-9-12(3)17-10-11(16)2/h11-15H,4-10H2,1-3H3. The Hall–Kier alpha value is -0.120. The van der Waals surface area contributed by atoms with Crippen LogP contribution in [0.25, 0.3) is 0 Å². The molecule has 17 heavy (non-hydrogen) atoms. The van der Waals surface area contributed by atoms with Crippen molar-refractivity contribution in [2.24, 2.45) is 0 Å². The van der Waals surface area contributed by atoms with Gasteiger partial charge >= 0.3 is 0 Å². The lowest BCUT2D eigenvalue weighted by atomic mass is 9.89. The highest BCUT2D eigenvalue weighted by atomic mass is 16.5. The maximum atomic E-state index is 5.72. The van der Waals surface area contributed by atoms with E-state index in [-0.39, 0.29) is 0 Å². The molecule has 2 fully saturated rings. The van der Waals surface area contributed by atoms with Gasteiger partial charge in [-0.05, 0) is 46.1 Å². The first-order valence-electron chi connectivity index (χ1n) is 7.31. The fourth-order valence-electron chi connectivity index (χ4n) is 3.34. The van der Waals surface area contributed by atoms with Crippen molar-refractivity contribution < 1.29 is 4.74 Å². The third kappa shape index (κ3) is 3.43. The molecule has 0 spiro atoms. The molecule has 1 saturated carbocycles. The summed E-state index contributed by atoms with van der Waals surface area (Å²) in [6, 6.07) is 2.17. The molecule has 1 aliphatic carbocycles. The van der Waals surface area contributed by atoms with Crippen molar-refractivity contribution in [3.05, 3.63) is 0 Å². The van der Waals surface area contributed by atoms with Crippen molar-refractivity contribution in [3.8, 4) is 0 Å². The van der Waals surface area contributed by atoms with E-state index in [2.05, 4.69) is 31.0 Å². The molecule has 2 aliphatic rings. The van der Waals surface area contributed by atoms with E-state index in [1.165, 1.54) is 25.7 Å². The Balaban J connectivity index is 1.82. The van der Waals surface area contributed by atoms with Crippen LogP contribution in [0.1, 0.15) is 46.5 Å². The second-order valence-corrected chi connectivity index (χ2v) is 5.75. The highest BCUT2D eigenvalue weighted by Gasteiger charge is 2.32. The van der Waals surface area contributed by atoms with Crippen molar-refractivity contribution in [1.29, 1.82) is 0 Å². The monoisotopic (exact) mass is 240 g/mol. The molecule has 2 atom stereocenters. The van der Waals surface area contributed by atoms with Crippen LogP contribution >= 0.6 is 0 Å². The summed E-state index contributed by atoms with van der Waals surface area (Å²) in [5.41, 5.74) is 0. The molecule has 0 bridgehead atoms. The molecule has 1 heterocycles. The molecule has 3 nitrogen and oxygen atoms in total. The Morgan fingerprint density at radius 1 is 1.18 bits per heavy atom. The van der Waals surface area contributed by atoms with Gasteiger partial charge in [-0.15, -0.1) is 0 Å². The molecular formula is C14H28N2O. The normalized spacial score (nSPS) is 40.4. The number of rotatable bonds is 3. The summed E-state index contributed by atoms with van der Waals surface area (Å²) in [5, 5.41) is 3.58. The molecule has 2 unspecified atom stereocenters. The summed E-state index contributed by atoms with van der Waals surface area (Å²) < 4.78 is 5.72. The number of morpholine rings is 1. The first-order valence-corrected chi connectivity index (χ1v) is 7.31. The van der Waals surface area contributed by atoms with E-state index >= 15 is 0 Å². The van der Waals surface area contributed by atoms with Crippen LogP contribution in [0.15, 0.2) is 0 Å². The Labute approximate surface area is 106 Å². The van der Waals surface area contributed by atoms with Gasteiger partial charge < -0.3 is 10.1 Å². The molecule has 0 aromatic rings. The Morgan fingerprint density at radius 2 is 1.88 bits per heavy atom. The molecule has 3 heteroatoms. The van der Waals surface area contributed by atoms with Crippen LogP contribution in [0.5, 0.6) is 0 Å². The van der Waals surface area contributed by atoms with Gasteiger partial charge in [0.05, 0.1) is 12.7 Å². The highest BCUT2D eigenvalue weighted by Crippen LogP contribution is 2.26. The molecule has 2 rings (SSSR count). The minimum Gasteiger partial charge on any atom is -0.376 e. The van der Waals surface area contributed by atoms with Gasteiger partial charge in [-0.2, -0.15) is 0 Å². The van der Waals surface area contributed by atoms with Crippen LogP contribution in [-0.4, -0.2) is 48.8 Å². The second-order valence-electron chi connectivity index (χ2n) is 5.75. The molecule has 100 valence electrons. The number of nitrogens with zero attached hydrogens (tertiary/aromatic N) is 1. The topological polar surface area (TPSA) is 24.5 Å². The molecule has 1 N–H and O–H groups in total. The summed E-state index contributed by atoms with van der Waals surface area (Å²) in [7, 11) is 0. The Morgan fingerprint density at radius 3 is 2.53 bits per heavy atom. The smallest absolute Gasteiger partial charge is 0.0674 e. The minimum absolute atomic E-state index is 0.415. The van der Waals surface area contributed by atoms with Crippen molar-refractivity contribution >= 4 is 0 Å². The third-order valence-corrected chi connectivity index (χ3v) is 4.31. The predicted molar refractivity (Wildman–Crippen MR) is 71.3 cm³/mol. The van der Waals surface area contributed by atoms with Crippen LogP contribution in [0.3, 0.4) is 0 Å². The lowest BCUT2D eigenvalue weighted by molar-refractivity contribution is -0.0719. The van der Waals surface area contributed by atoms with E-state index in [0.29, 0.717) is 12.1 Å². The third-order valence-electron chi connectivity index (χ3n) is 4.31. The molecule has 0 aromatic heterocycles. The molecular weight excluding hydrogens is 212 g/mol. The van der Waals surface area contributed by atoms with Crippen LogP contribution in [0, 0.1) is 0 Å². The molecule has 1 aliphatic heterocycles.